The van der Waals surface area contributed by atoms with E-state index in [0.717, 1.165) is 5.56 Å². The summed E-state index contributed by atoms with van der Waals surface area (Å²) in [6.07, 6.45) is 0. The van der Waals surface area contributed by atoms with E-state index in [1.807, 2.05) is 30.3 Å². The van der Waals surface area contributed by atoms with Crippen LogP contribution >= 0.6 is 0 Å². The highest BCUT2D eigenvalue weighted by molar-refractivity contribution is 7.89. The molecule has 1 atom stereocenters. The molecule has 0 aliphatic rings. The lowest BCUT2D eigenvalue weighted by atomic mass is 10.1. The maximum atomic E-state index is 11.3. The van der Waals surface area contributed by atoms with Crippen molar-refractivity contribution in [2.24, 2.45) is 0 Å². The quantitative estimate of drug-likeness (QED) is 0.779. The number of hydrogen-bond acceptors (Lipinski definition) is 3. The first-order valence-corrected chi connectivity index (χ1v) is 6.36. The summed E-state index contributed by atoms with van der Waals surface area (Å²) in [6.45, 7) is 1.40. The molecule has 1 rings (SSSR count). The Bertz CT molecular complexity index is 388. The molecule has 1 unspecified atom stereocenters. The molecular formula is C10H15NO3S. The number of hydrogen-bond donors (Lipinski definition) is 2. The fraction of sp³-hybridized carbons (Fsp3) is 0.400. The molecule has 4 nitrogen and oxygen atoms in total. The maximum absolute atomic E-state index is 11.3. The first kappa shape index (κ1) is 12.2. The molecule has 0 saturated heterocycles. The summed E-state index contributed by atoms with van der Waals surface area (Å²) in [6, 6.07) is 9.01. The highest BCUT2D eigenvalue weighted by Gasteiger charge is 2.14. The van der Waals surface area contributed by atoms with E-state index in [1.54, 1.807) is 6.92 Å². The Hall–Kier alpha value is -0.910. The zero-order valence-corrected chi connectivity index (χ0v) is 9.37. The van der Waals surface area contributed by atoms with Crippen molar-refractivity contribution in [2.45, 2.75) is 13.0 Å². The van der Waals surface area contributed by atoms with E-state index >= 15 is 0 Å². The van der Waals surface area contributed by atoms with Gasteiger partial charge in [0.15, 0.2) is 0 Å². The first-order valence-electron chi connectivity index (χ1n) is 4.71. The van der Waals surface area contributed by atoms with Crippen LogP contribution in [0.2, 0.25) is 0 Å². The molecule has 2 N–H and O–H groups in total. The molecule has 0 amide bonds. The van der Waals surface area contributed by atoms with E-state index < -0.39 is 10.0 Å². The van der Waals surface area contributed by atoms with Crippen LogP contribution < -0.4 is 4.72 Å². The Kier molecular flexibility index (Phi) is 4.26. The van der Waals surface area contributed by atoms with E-state index in [2.05, 4.69) is 4.72 Å². The van der Waals surface area contributed by atoms with Crippen LogP contribution in [0.5, 0.6) is 0 Å². The van der Waals surface area contributed by atoms with Crippen LogP contribution in [0.4, 0.5) is 0 Å². The summed E-state index contributed by atoms with van der Waals surface area (Å²) in [7, 11) is -3.38. The third-order valence-corrected chi connectivity index (χ3v) is 3.45. The molecule has 1 aromatic carbocycles. The lowest BCUT2D eigenvalue weighted by molar-refractivity contribution is 0.319. The number of rotatable bonds is 5. The van der Waals surface area contributed by atoms with Gasteiger partial charge in [0.05, 0.1) is 12.4 Å². The van der Waals surface area contributed by atoms with Crippen LogP contribution in [0.25, 0.3) is 0 Å². The summed E-state index contributed by atoms with van der Waals surface area (Å²) in [5, 5.41) is 8.57. The minimum atomic E-state index is -3.38. The lowest BCUT2D eigenvalue weighted by Crippen LogP contribution is -2.30. The Morgan fingerprint density at radius 1 is 1.33 bits per heavy atom. The van der Waals surface area contributed by atoms with Crippen LogP contribution in [-0.4, -0.2) is 25.9 Å². The van der Waals surface area contributed by atoms with Gasteiger partial charge >= 0.3 is 0 Å². The van der Waals surface area contributed by atoms with Crippen molar-refractivity contribution in [3.8, 4) is 0 Å². The Balaban J connectivity index is 2.68. The number of benzene rings is 1. The second-order valence-corrected chi connectivity index (χ2v) is 5.17. The van der Waals surface area contributed by atoms with Gasteiger partial charge in [-0.2, -0.15) is 0 Å². The lowest BCUT2D eigenvalue weighted by Gasteiger charge is -2.13. The van der Waals surface area contributed by atoms with Gasteiger partial charge in [0.2, 0.25) is 10.0 Å². The van der Waals surface area contributed by atoms with Crippen LogP contribution in [0, 0.1) is 0 Å². The van der Waals surface area contributed by atoms with Gasteiger partial charge in [-0.25, -0.2) is 13.1 Å². The summed E-state index contributed by atoms with van der Waals surface area (Å²) in [5.41, 5.74) is 0.902. The van der Waals surface area contributed by atoms with E-state index in [1.165, 1.54) is 0 Å². The van der Waals surface area contributed by atoms with Gasteiger partial charge in [0.25, 0.3) is 0 Å². The average molecular weight is 229 g/mol. The fourth-order valence-electron chi connectivity index (χ4n) is 1.26. The normalized spacial score (nSPS) is 13.7. The van der Waals surface area contributed by atoms with Gasteiger partial charge in [-0.1, -0.05) is 30.3 Å². The molecule has 0 spiro atoms. The van der Waals surface area contributed by atoms with Crippen molar-refractivity contribution >= 4 is 10.0 Å². The van der Waals surface area contributed by atoms with Crippen molar-refractivity contribution in [1.29, 1.82) is 0 Å². The monoisotopic (exact) mass is 229 g/mol. The molecule has 0 saturated carbocycles. The fourth-order valence-corrected chi connectivity index (χ4v) is 2.29. The van der Waals surface area contributed by atoms with Crippen LogP contribution in [-0.2, 0) is 10.0 Å². The molecule has 15 heavy (non-hydrogen) atoms. The minimum absolute atomic E-state index is 0.260. The Labute approximate surface area is 90.0 Å². The van der Waals surface area contributed by atoms with Gasteiger partial charge in [0, 0.05) is 6.04 Å². The van der Waals surface area contributed by atoms with E-state index in [-0.39, 0.29) is 18.4 Å². The number of aliphatic hydroxyl groups is 1. The SMILES string of the molecule is CC(NS(=O)(=O)CCO)c1ccccc1. The van der Waals surface area contributed by atoms with E-state index in [9.17, 15) is 8.42 Å². The number of nitrogens with one attached hydrogen (secondary N) is 1. The van der Waals surface area contributed by atoms with Crippen molar-refractivity contribution < 1.29 is 13.5 Å². The van der Waals surface area contributed by atoms with E-state index in [4.69, 9.17) is 5.11 Å². The largest absolute Gasteiger partial charge is 0.395 e. The number of sulfonamides is 1. The van der Waals surface area contributed by atoms with E-state index in [0.29, 0.717) is 0 Å². The predicted octanol–water partition coefficient (Wildman–Crippen LogP) is 0.659. The van der Waals surface area contributed by atoms with Gasteiger partial charge < -0.3 is 5.11 Å². The molecule has 0 aliphatic heterocycles. The molecule has 0 bridgehead atoms. The zero-order chi connectivity index (χ0) is 11.3. The minimum Gasteiger partial charge on any atom is -0.395 e. The third-order valence-electron chi connectivity index (χ3n) is 2.02. The molecule has 0 heterocycles. The van der Waals surface area contributed by atoms with Gasteiger partial charge in [-0.05, 0) is 12.5 Å². The van der Waals surface area contributed by atoms with Crippen molar-refractivity contribution in [1.82, 2.24) is 4.72 Å². The first-order chi connectivity index (χ1) is 7.05. The molecule has 0 aliphatic carbocycles. The Morgan fingerprint density at radius 3 is 2.47 bits per heavy atom. The third kappa shape index (κ3) is 3.99. The van der Waals surface area contributed by atoms with Crippen molar-refractivity contribution in [2.75, 3.05) is 12.4 Å². The predicted molar refractivity (Wildman–Crippen MR) is 58.9 cm³/mol. The molecule has 0 fully saturated rings. The van der Waals surface area contributed by atoms with Gasteiger partial charge in [-0.3, -0.25) is 0 Å². The molecular weight excluding hydrogens is 214 g/mol. The van der Waals surface area contributed by atoms with Crippen molar-refractivity contribution in [3.63, 3.8) is 0 Å². The molecule has 84 valence electrons. The maximum Gasteiger partial charge on any atom is 0.214 e. The Morgan fingerprint density at radius 2 is 1.93 bits per heavy atom. The topological polar surface area (TPSA) is 66.4 Å². The smallest absolute Gasteiger partial charge is 0.214 e. The van der Waals surface area contributed by atoms with Crippen LogP contribution in [0.3, 0.4) is 0 Å². The second-order valence-electron chi connectivity index (χ2n) is 3.29. The summed E-state index contributed by atoms with van der Waals surface area (Å²) in [5.74, 6) is -0.260. The number of aliphatic hydroxyl groups excluding tert-OH is 1. The molecule has 5 heteroatoms. The van der Waals surface area contributed by atoms with Gasteiger partial charge in [0.1, 0.15) is 0 Å². The summed E-state index contributed by atoms with van der Waals surface area (Å²) >= 11 is 0. The van der Waals surface area contributed by atoms with Gasteiger partial charge in [-0.15, -0.1) is 0 Å². The average Bonchev–Trinajstić information content (AvgIpc) is 2.18. The van der Waals surface area contributed by atoms with Crippen molar-refractivity contribution in [3.05, 3.63) is 35.9 Å². The molecule has 1 aromatic rings. The van der Waals surface area contributed by atoms with Crippen LogP contribution in [0.15, 0.2) is 30.3 Å². The highest BCUT2D eigenvalue weighted by Crippen LogP contribution is 2.12. The highest BCUT2D eigenvalue weighted by atomic mass is 32.2. The second kappa shape index (κ2) is 5.25. The standard InChI is InChI=1S/C10H15NO3S/c1-9(10-5-3-2-4-6-10)11-15(13,14)8-7-12/h2-6,9,11-12H,7-8H2,1H3. The summed E-state index contributed by atoms with van der Waals surface area (Å²) in [4.78, 5) is 0. The van der Waals surface area contributed by atoms with Crippen LogP contribution in [0.1, 0.15) is 18.5 Å². The molecule has 0 aromatic heterocycles. The zero-order valence-electron chi connectivity index (χ0n) is 8.55. The summed E-state index contributed by atoms with van der Waals surface area (Å²) < 4.78 is 25.2. The molecule has 0 radical (unpaired) electrons.